The van der Waals surface area contributed by atoms with Crippen LogP contribution in [-0.2, 0) is 16.1 Å². The van der Waals surface area contributed by atoms with E-state index in [0.717, 1.165) is 25.2 Å². The van der Waals surface area contributed by atoms with E-state index >= 15 is 0 Å². The Bertz CT molecular complexity index is 548. The molecule has 2 fully saturated rings. The molecule has 2 aliphatic rings. The van der Waals surface area contributed by atoms with E-state index in [0.29, 0.717) is 12.5 Å². The summed E-state index contributed by atoms with van der Waals surface area (Å²) in [5.74, 6) is 0.674. The Balaban J connectivity index is 0.00000208. The quantitative estimate of drug-likeness (QED) is 0.820. The number of amides is 2. The molecule has 0 aromatic heterocycles. The van der Waals surface area contributed by atoms with E-state index in [9.17, 15) is 9.59 Å². The maximum absolute atomic E-state index is 12.5. The summed E-state index contributed by atoms with van der Waals surface area (Å²) in [5, 5.41) is 6.08. The lowest BCUT2D eigenvalue weighted by molar-refractivity contribution is -0.139. The SMILES string of the molecule is Cl.O=C(CC1NCCN(CC2CCC2)C1=O)NCc1ccccc1. The van der Waals surface area contributed by atoms with Crippen molar-refractivity contribution >= 4 is 24.2 Å². The van der Waals surface area contributed by atoms with Crippen molar-refractivity contribution in [2.75, 3.05) is 19.6 Å². The largest absolute Gasteiger partial charge is 0.352 e. The molecule has 1 aliphatic heterocycles. The van der Waals surface area contributed by atoms with Crippen molar-refractivity contribution in [1.29, 1.82) is 0 Å². The zero-order valence-corrected chi connectivity index (χ0v) is 14.7. The Morgan fingerprint density at radius 1 is 1.25 bits per heavy atom. The summed E-state index contributed by atoms with van der Waals surface area (Å²) in [7, 11) is 0. The van der Waals surface area contributed by atoms with E-state index < -0.39 is 0 Å². The molecule has 1 saturated heterocycles. The number of hydrogen-bond donors (Lipinski definition) is 2. The minimum atomic E-state index is -0.375. The van der Waals surface area contributed by atoms with Crippen LogP contribution in [0.4, 0.5) is 0 Å². The predicted octanol–water partition coefficient (Wildman–Crippen LogP) is 1.72. The first kappa shape index (κ1) is 18.7. The Kier molecular flexibility index (Phi) is 7.06. The molecule has 1 aromatic rings. The van der Waals surface area contributed by atoms with Gasteiger partial charge in [-0.3, -0.25) is 9.59 Å². The summed E-state index contributed by atoms with van der Waals surface area (Å²) in [6.07, 6.45) is 3.97. The van der Waals surface area contributed by atoms with Gasteiger partial charge in [-0.25, -0.2) is 0 Å². The van der Waals surface area contributed by atoms with E-state index in [4.69, 9.17) is 0 Å². The fourth-order valence-corrected chi connectivity index (χ4v) is 3.17. The van der Waals surface area contributed by atoms with Crippen LogP contribution in [-0.4, -0.2) is 42.4 Å². The molecule has 2 amide bonds. The van der Waals surface area contributed by atoms with Gasteiger partial charge in [-0.2, -0.15) is 0 Å². The summed E-state index contributed by atoms with van der Waals surface area (Å²) in [6, 6.07) is 9.43. The van der Waals surface area contributed by atoms with E-state index in [1.165, 1.54) is 19.3 Å². The van der Waals surface area contributed by atoms with Crippen molar-refractivity contribution in [3.05, 3.63) is 35.9 Å². The van der Waals surface area contributed by atoms with Crippen LogP contribution < -0.4 is 10.6 Å². The number of rotatable bonds is 6. The molecule has 1 saturated carbocycles. The first-order valence-electron chi connectivity index (χ1n) is 8.55. The van der Waals surface area contributed by atoms with E-state index in [2.05, 4.69) is 10.6 Å². The predicted molar refractivity (Wildman–Crippen MR) is 95.9 cm³/mol. The van der Waals surface area contributed by atoms with Crippen LogP contribution in [0.3, 0.4) is 0 Å². The smallest absolute Gasteiger partial charge is 0.240 e. The number of benzene rings is 1. The highest BCUT2D eigenvalue weighted by molar-refractivity contribution is 5.88. The van der Waals surface area contributed by atoms with E-state index in [1.54, 1.807) is 0 Å². The Morgan fingerprint density at radius 3 is 2.67 bits per heavy atom. The maximum Gasteiger partial charge on any atom is 0.240 e. The van der Waals surface area contributed by atoms with Crippen LogP contribution in [0.5, 0.6) is 0 Å². The second-order valence-corrected chi connectivity index (χ2v) is 6.55. The number of nitrogens with zero attached hydrogens (tertiary/aromatic N) is 1. The standard InChI is InChI=1S/C18H25N3O2.ClH/c22-17(20-12-14-5-2-1-3-6-14)11-16-18(23)21(10-9-19-16)13-15-7-4-8-15;/h1-3,5-6,15-16,19H,4,7-13H2,(H,20,22);1H. The van der Waals surface area contributed by atoms with Crippen molar-refractivity contribution in [2.45, 2.75) is 38.3 Å². The van der Waals surface area contributed by atoms with E-state index in [1.807, 2.05) is 35.2 Å². The third-order valence-electron chi connectivity index (χ3n) is 4.81. The third kappa shape index (κ3) is 4.95. The number of halogens is 1. The lowest BCUT2D eigenvalue weighted by atomic mass is 9.85. The molecule has 1 atom stereocenters. The number of carbonyl (C=O) groups excluding carboxylic acids is 2. The topological polar surface area (TPSA) is 61.4 Å². The summed E-state index contributed by atoms with van der Waals surface area (Å²) < 4.78 is 0. The summed E-state index contributed by atoms with van der Waals surface area (Å²) in [5.41, 5.74) is 1.07. The molecule has 2 N–H and O–H groups in total. The molecule has 0 radical (unpaired) electrons. The van der Waals surface area contributed by atoms with Gasteiger partial charge in [0.15, 0.2) is 0 Å². The Labute approximate surface area is 149 Å². The van der Waals surface area contributed by atoms with Gasteiger partial charge in [0.25, 0.3) is 0 Å². The Morgan fingerprint density at radius 2 is 2.00 bits per heavy atom. The highest BCUT2D eigenvalue weighted by Gasteiger charge is 2.32. The molecular formula is C18H26ClN3O2. The van der Waals surface area contributed by atoms with Gasteiger partial charge in [-0.1, -0.05) is 36.8 Å². The second kappa shape index (κ2) is 9.04. The van der Waals surface area contributed by atoms with Gasteiger partial charge >= 0.3 is 0 Å². The van der Waals surface area contributed by atoms with Gasteiger partial charge in [0.05, 0.1) is 12.5 Å². The minimum Gasteiger partial charge on any atom is -0.352 e. The summed E-state index contributed by atoms with van der Waals surface area (Å²) in [4.78, 5) is 26.5. The van der Waals surface area contributed by atoms with E-state index in [-0.39, 0.29) is 36.7 Å². The molecule has 0 spiro atoms. The molecule has 1 aliphatic carbocycles. The van der Waals surface area contributed by atoms with Crippen LogP contribution in [0.15, 0.2) is 30.3 Å². The molecule has 1 aromatic carbocycles. The Hall–Kier alpha value is -1.59. The normalized spacial score (nSPS) is 20.9. The van der Waals surface area contributed by atoms with Crippen molar-refractivity contribution in [3.63, 3.8) is 0 Å². The van der Waals surface area contributed by atoms with Crippen molar-refractivity contribution in [2.24, 2.45) is 5.92 Å². The molecular weight excluding hydrogens is 326 g/mol. The van der Waals surface area contributed by atoms with Gasteiger partial charge in [-0.05, 0) is 24.3 Å². The molecule has 1 unspecified atom stereocenters. The molecule has 24 heavy (non-hydrogen) atoms. The average Bonchev–Trinajstić information content (AvgIpc) is 2.53. The molecule has 1 heterocycles. The maximum atomic E-state index is 12.5. The van der Waals surface area contributed by atoms with Crippen LogP contribution in [0.1, 0.15) is 31.2 Å². The minimum absolute atomic E-state index is 0. The van der Waals surface area contributed by atoms with Gasteiger partial charge in [0, 0.05) is 26.2 Å². The average molecular weight is 352 g/mol. The van der Waals surface area contributed by atoms with Crippen molar-refractivity contribution < 1.29 is 9.59 Å². The molecule has 3 rings (SSSR count). The van der Waals surface area contributed by atoms with Gasteiger partial charge in [0.1, 0.15) is 0 Å². The number of piperazine rings is 1. The van der Waals surface area contributed by atoms with Crippen LogP contribution in [0.25, 0.3) is 0 Å². The highest BCUT2D eigenvalue weighted by atomic mass is 35.5. The van der Waals surface area contributed by atoms with Crippen LogP contribution in [0.2, 0.25) is 0 Å². The van der Waals surface area contributed by atoms with Gasteiger partial charge < -0.3 is 15.5 Å². The first-order chi connectivity index (χ1) is 11.2. The fourth-order valence-electron chi connectivity index (χ4n) is 3.17. The second-order valence-electron chi connectivity index (χ2n) is 6.55. The third-order valence-corrected chi connectivity index (χ3v) is 4.81. The molecule has 0 bridgehead atoms. The monoisotopic (exact) mass is 351 g/mol. The van der Waals surface area contributed by atoms with Crippen LogP contribution in [0, 0.1) is 5.92 Å². The molecule has 6 heteroatoms. The van der Waals surface area contributed by atoms with Crippen LogP contribution >= 0.6 is 12.4 Å². The highest BCUT2D eigenvalue weighted by Crippen LogP contribution is 2.27. The zero-order chi connectivity index (χ0) is 16.1. The van der Waals surface area contributed by atoms with Crippen molar-refractivity contribution in [1.82, 2.24) is 15.5 Å². The summed E-state index contributed by atoms with van der Waals surface area (Å²) in [6.45, 7) is 2.90. The lowest BCUT2D eigenvalue weighted by Gasteiger charge is -2.37. The first-order valence-corrected chi connectivity index (χ1v) is 8.55. The zero-order valence-electron chi connectivity index (χ0n) is 13.9. The number of nitrogens with one attached hydrogen (secondary N) is 2. The molecule has 132 valence electrons. The lowest BCUT2D eigenvalue weighted by Crippen LogP contribution is -2.57. The van der Waals surface area contributed by atoms with Gasteiger partial charge in [-0.15, -0.1) is 12.4 Å². The fraction of sp³-hybridized carbons (Fsp3) is 0.556. The van der Waals surface area contributed by atoms with Crippen molar-refractivity contribution in [3.8, 4) is 0 Å². The number of hydrogen-bond acceptors (Lipinski definition) is 3. The number of carbonyl (C=O) groups is 2. The summed E-state index contributed by atoms with van der Waals surface area (Å²) >= 11 is 0. The molecule has 5 nitrogen and oxygen atoms in total. The van der Waals surface area contributed by atoms with Gasteiger partial charge in [0.2, 0.25) is 11.8 Å².